The molecule has 1 aliphatic rings. The van der Waals surface area contributed by atoms with Crippen molar-refractivity contribution >= 4 is 45.4 Å². The number of aromatic amines is 1. The third-order valence-electron chi connectivity index (χ3n) is 5.61. The van der Waals surface area contributed by atoms with E-state index < -0.39 is 0 Å². The van der Waals surface area contributed by atoms with Crippen molar-refractivity contribution < 1.29 is 4.79 Å². The number of hydrogen-bond donors (Lipinski definition) is 1. The maximum atomic E-state index is 13.4. The lowest BCUT2D eigenvalue weighted by atomic mass is 9.98. The van der Waals surface area contributed by atoms with Gasteiger partial charge in [-0.1, -0.05) is 6.07 Å². The zero-order chi connectivity index (χ0) is 19.7. The summed E-state index contributed by atoms with van der Waals surface area (Å²) in [6.07, 6.45) is 1.65. The molecule has 6 rings (SSSR count). The fraction of sp³-hybridized carbons (Fsp3) is 0.150. The van der Waals surface area contributed by atoms with Crippen LogP contribution in [0.3, 0.4) is 0 Å². The Hall–Kier alpha value is -3.59. The van der Waals surface area contributed by atoms with E-state index in [4.69, 9.17) is 0 Å². The molecule has 0 saturated heterocycles. The largest absolute Gasteiger partial charge is 0.345 e. The summed E-state index contributed by atoms with van der Waals surface area (Å²) >= 11 is 1.19. The van der Waals surface area contributed by atoms with Gasteiger partial charge in [0.1, 0.15) is 11.0 Å². The van der Waals surface area contributed by atoms with Crippen molar-refractivity contribution in [3.05, 3.63) is 65.2 Å². The van der Waals surface area contributed by atoms with E-state index in [9.17, 15) is 4.79 Å². The number of amides is 1. The van der Waals surface area contributed by atoms with Gasteiger partial charge in [-0.2, -0.15) is 13.8 Å². The number of carbonyl (C=O) groups is 1. The number of benzene rings is 2. The summed E-state index contributed by atoms with van der Waals surface area (Å²) < 4.78 is 10.4. The zero-order valence-electron chi connectivity index (χ0n) is 15.6. The number of aryl methyl sites for hydroxylation is 1. The van der Waals surface area contributed by atoms with Gasteiger partial charge in [0.05, 0.1) is 35.1 Å². The van der Waals surface area contributed by atoms with Crippen molar-refractivity contribution in [3.8, 4) is 0 Å². The van der Waals surface area contributed by atoms with Crippen molar-refractivity contribution in [1.29, 1.82) is 0 Å². The van der Waals surface area contributed by atoms with E-state index in [0.29, 0.717) is 5.69 Å². The van der Waals surface area contributed by atoms with Crippen molar-refractivity contribution in [1.82, 2.24) is 28.5 Å². The minimum absolute atomic E-state index is 0.111. The molecule has 0 bridgehead atoms. The molecule has 29 heavy (non-hydrogen) atoms. The number of H-pyrrole nitrogens is 1. The number of anilines is 1. The molecule has 5 aromatic rings. The second kappa shape index (κ2) is 5.71. The maximum absolute atomic E-state index is 13.4. The number of nitrogens with zero attached hydrogens (tertiary/aromatic N) is 6. The molecule has 142 valence electrons. The Labute approximate surface area is 169 Å². The second-order valence-corrected chi connectivity index (χ2v) is 7.69. The molecule has 1 N–H and O–H groups in total. The summed E-state index contributed by atoms with van der Waals surface area (Å²) in [5.41, 5.74) is 7.60. The third-order valence-corrected chi connectivity index (χ3v) is 6.17. The van der Waals surface area contributed by atoms with Gasteiger partial charge in [-0.3, -0.25) is 14.4 Å². The van der Waals surface area contributed by atoms with E-state index in [2.05, 4.69) is 23.8 Å². The SMILES string of the molecule is Cc1c2c(nn1C)C(=O)N(c1ccc3[nH]cnc3c1)C2c1ccc2nsnc2c1. The molecule has 8 nitrogen and oxygen atoms in total. The Morgan fingerprint density at radius 2 is 1.93 bits per heavy atom. The van der Waals surface area contributed by atoms with Gasteiger partial charge < -0.3 is 4.98 Å². The fourth-order valence-electron chi connectivity index (χ4n) is 4.09. The monoisotopic (exact) mass is 401 g/mol. The number of fused-ring (bicyclic) bond motifs is 3. The average molecular weight is 401 g/mol. The summed E-state index contributed by atoms with van der Waals surface area (Å²) in [6, 6.07) is 11.5. The Bertz CT molecular complexity index is 1430. The first kappa shape index (κ1) is 16.4. The van der Waals surface area contributed by atoms with E-state index >= 15 is 0 Å². The lowest BCUT2D eigenvalue weighted by Gasteiger charge is -2.26. The fourth-order valence-corrected chi connectivity index (χ4v) is 4.61. The van der Waals surface area contributed by atoms with Crippen molar-refractivity contribution in [2.75, 3.05) is 4.90 Å². The molecule has 0 saturated carbocycles. The number of hydrogen-bond acceptors (Lipinski definition) is 6. The molecule has 0 aliphatic carbocycles. The van der Waals surface area contributed by atoms with Gasteiger partial charge in [0.15, 0.2) is 5.69 Å². The van der Waals surface area contributed by atoms with Crippen molar-refractivity contribution in [2.24, 2.45) is 7.05 Å². The molecule has 2 aromatic carbocycles. The third kappa shape index (κ3) is 2.21. The van der Waals surface area contributed by atoms with Gasteiger partial charge in [-0.25, -0.2) is 4.98 Å². The van der Waals surface area contributed by atoms with Crippen LogP contribution in [0, 0.1) is 6.92 Å². The topological polar surface area (TPSA) is 92.6 Å². The van der Waals surface area contributed by atoms with Gasteiger partial charge in [-0.15, -0.1) is 0 Å². The minimum atomic E-state index is -0.284. The van der Waals surface area contributed by atoms with E-state index in [1.165, 1.54) is 11.7 Å². The first-order chi connectivity index (χ1) is 14.1. The van der Waals surface area contributed by atoms with Crippen LogP contribution in [0.15, 0.2) is 42.7 Å². The van der Waals surface area contributed by atoms with Crippen LogP contribution in [0.2, 0.25) is 0 Å². The summed E-state index contributed by atoms with van der Waals surface area (Å²) in [7, 11) is 1.87. The van der Waals surface area contributed by atoms with Gasteiger partial charge in [0, 0.05) is 24.0 Å². The van der Waals surface area contributed by atoms with Gasteiger partial charge in [0.2, 0.25) is 0 Å². The standard InChI is InChI=1S/C20H15N7OS/c1-10-17-18(23-26(10)2)20(28)27(12-4-6-13-15(8-12)22-9-21-13)19(17)11-3-5-14-16(7-11)25-29-24-14/h3-9,19H,1-2H3,(H,21,22). The van der Waals surface area contributed by atoms with Crippen LogP contribution in [0.25, 0.3) is 22.1 Å². The molecule has 9 heteroatoms. The first-order valence-corrected chi connectivity index (χ1v) is 9.87. The van der Waals surface area contributed by atoms with Crippen molar-refractivity contribution in [3.63, 3.8) is 0 Å². The molecule has 0 fully saturated rings. The smallest absolute Gasteiger partial charge is 0.280 e. The summed E-state index contributed by atoms with van der Waals surface area (Å²) in [4.78, 5) is 22.7. The van der Waals surface area contributed by atoms with Crippen LogP contribution in [0.5, 0.6) is 0 Å². The van der Waals surface area contributed by atoms with Crippen LogP contribution >= 0.6 is 11.7 Å². The van der Waals surface area contributed by atoms with Crippen LogP contribution in [-0.2, 0) is 7.05 Å². The van der Waals surface area contributed by atoms with Gasteiger partial charge in [-0.05, 0) is 42.8 Å². The van der Waals surface area contributed by atoms with Gasteiger partial charge in [0.25, 0.3) is 5.91 Å². The maximum Gasteiger partial charge on any atom is 0.280 e. The lowest BCUT2D eigenvalue weighted by Crippen LogP contribution is -2.29. The van der Waals surface area contributed by atoms with E-state index in [-0.39, 0.29) is 11.9 Å². The molecular weight excluding hydrogens is 386 g/mol. The van der Waals surface area contributed by atoms with Crippen LogP contribution < -0.4 is 4.90 Å². The Morgan fingerprint density at radius 1 is 1.07 bits per heavy atom. The van der Waals surface area contributed by atoms with E-state index in [1.807, 2.05) is 50.4 Å². The molecule has 1 amide bonds. The highest BCUT2D eigenvalue weighted by molar-refractivity contribution is 7.00. The quantitative estimate of drug-likeness (QED) is 0.490. The highest BCUT2D eigenvalue weighted by Crippen LogP contribution is 2.43. The van der Waals surface area contributed by atoms with Crippen LogP contribution in [-0.4, -0.2) is 34.4 Å². The number of rotatable bonds is 2. The molecular formula is C20H15N7OS. The molecule has 0 radical (unpaired) electrons. The Kier molecular flexibility index (Phi) is 3.22. The summed E-state index contributed by atoms with van der Waals surface area (Å²) in [5.74, 6) is -0.111. The van der Waals surface area contributed by atoms with E-state index in [0.717, 1.165) is 44.6 Å². The highest BCUT2D eigenvalue weighted by atomic mass is 32.1. The number of nitrogens with one attached hydrogen (secondary N) is 1. The second-order valence-electron chi connectivity index (χ2n) is 7.17. The zero-order valence-corrected chi connectivity index (χ0v) is 16.4. The van der Waals surface area contributed by atoms with Crippen molar-refractivity contribution in [2.45, 2.75) is 13.0 Å². The molecule has 1 atom stereocenters. The number of carbonyl (C=O) groups excluding carboxylic acids is 1. The Morgan fingerprint density at radius 3 is 2.83 bits per heavy atom. The van der Waals surface area contributed by atoms with Crippen LogP contribution in [0.1, 0.15) is 33.4 Å². The molecule has 4 heterocycles. The first-order valence-electron chi connectivity index (χ1n) is 9.14. The predicted octanol–water partition coefficient (Wildman–Crippen LogP) is 3.36. The molecule has 1 unspecified atom stereocenters. The molecule has 3 aromatic heterocycles. The lowest BCUT2D eigenvalue weighted by molar-refractivity contribution is 0.0988. The summed E-state index contributed by atoms with van der Waals surface area (Å²) in [5, 5.41) is 4.51. The molecule has 0 spiro atoms. The van der Waals surface area contributed by atoms with Gasteiger partial charge >= 0.3 is 0 Å². The highest BCUT2D eigenvalue weighted by Gasteiger charge is 2.43. The van der Waals surface area contributed by atoms with Crippen LogP contribution in [0.4, 0.5) is 5.69 Å². The summed E-state index contributed by atoms with van der Waals surface area (Å²) in [6.45, 7) is 2.00. The number of aromatic nitrogens is 6. The average Bonchev–Trinajstić information content (AvgIpc) is 3.48. The predicted molar refractivity (Wildman–Crippen MR) is 110 cm³/mol. The normalized spacial score (nSPS) is 16.3. The molecule has 1 aliphatic heterocycles. The Balaban J connectivity index is 1.59. The number of imidazole rings is 1. The van der Waals surface area contributed by atoms with E-state index in [1.54, 1.807) is 15.9 Å². The minimum Gasteiger partial charge on any atom is -0.345 e.